The Bertz CT molecular complexity index is 87.3. The minimum absolute atomic E-state index is 0.330. The van der Waals surface area contributed by atoms with E-state index < -0.39 is 0 Å². The van der Waals surface area contributed by atoms with E-state index in [2.05, 4.69) is 5.32 Å². The standard InChI is InChI=1S/C8H17NO/c1-7(10)9-8-5-3-2-4-6-8/h7-10H,2-6H2,1H3/t7-/m0/s1. The van der Waals surface area contributed by atoms with Gasteiger partial charge in [0.15, 0.2) is 0 Å². The third kappa shape index (κ3) is 2.67. The minimum Gasteiger partial charge on any atom is -0.379 e. The molecule has 2 N–H and O–H groups in total. The molecule has 2 nitrogen and oxygen atoms in total. The van der Waals surface area contributed by atoms with Crippen LogP contribution in [0, 0.1) is 0 Å². The fourth-order valence-corrected chi connectivity index (χ4v) is 1.61. The summed E-state index contributed by atoms with van der Waals surface area (Å²) in [6, 6.07) is 0.578. The molecule has 1 atom stereocenters. The lowest BCUT2D eigenvalue weighted by Crippen LogP contribution is -2.37. The van der Waals surface area contributed by atoms with E-state index in [1.807, 2.05) is 0 Å². The molecule has 0 aromatic rings. The Morgan fingerprint density at radius 3 is 2.40 bits per heavy atom. The van der Waals surface area contributed by atoms with Gasteiger partial charge in [0.25, 0.3) is 0 Å². The average Bonchev–Trinajstić information content (AvgIpc) is 1.88. The Morgan fingerprint density at radius 1 is 1.30 bits per heavy atom. The first kappa shape index (κ1) is 8.02. The quantitative estimate of drug-likeness (QED) is 0.570. The van der Waals surface area contributed by atoms with Gasteiger partial charge in [-0.05, 0) is 19.8 Å². The van der Waals surface area contributed by atoms with Gasteiger partial charge in [-0.3, -0.25) is 5.32 Å². The van der Waals surface area contributed by atoms with Crippen molar-refractivity contribution in [1.29, 1.82) is 0 Å². The number of nitrogens with one attached hydrogen (secondary N) is 1. The largest absolute Gasteiger partial charge is 0.379 e. The third-order valence-corrected chi connectivity index (χ3v) is 2.08. The lowest BCUT2D eigenvalue weighted by Gasteiger charge is -2.24. The third-order valence-electron chi connectivity index (χ3n) is 2.08. The Morgan fingerprint density at radius 2 is 1.90 bits per heavy atom. The lowest BCUT2D eigenvalue weighted by molar-refractivity contribution is 0.130. The molecule has 0 aromatic heterocycles. The summed E-state index contributed by atoms with van der Waals surface area (Å²) in [5.41, 5.74) is 0. The smallest absolute Gasteiger partial charge is 0.102 e. The van der Waals surface area contributed by atoms with E-state index in [0.717, 1.165) is 0 Å². The van der Waals surface area contributed by atoms with Crippen LogP contribution in [0.1, 0.15) is 39.0 Å². The summed E-state index contributed by atoms with van der Waals surface area (Å²) in [5.74, 6) is 0. The number of rotatable bonds is 2. The van der Waals surface area contributed by atoms with Crippen LogP contribution in [0.2, 0.25) is 0 Å². The highest BCUT2D eigenvalue weighted by Gasteiger charge is 2.13. The van der Waals surface area contributed by atoms with Gasteiger partial charge >= 0.3 is 0 Å². The normalized spacial score (nSPS) is 24.6. The second kappa shape index (κ2) is 3.94. The van der Waals surface area contributed by atoms with E-state index in [9.17, 15) is 0 Å². The van der Waals surface area contributed by atoms with E-state index in [-0.39, 0.29) is 6.23 Å². The number of hydrogen-bond donors (Lipinski definition) is 2. The molecule has 2 heteroatoms. The van der Waals surface area contributed by atoms with Crippen LogP contribution in [0.5, 0.6) is 0 Å². The molecule has 0 aromatic carbocycles. The molecule has 60 valence electrons. The molecule has 0 aliphatic heterocycles. The molecule has 1 rings (SSSR count). The first-order valence-corrected chi connectivity index (χ1v) is 4.23. The zero-order valence-electron chi connectivity index (χ0n) is 6.64. The molecule has 10 heavy (non-hydrogen) atoms. The van der Waals surface area contributed by atoms with Gasteiger partial charge in [-0.15, -0.1) is 0 Å². The van der Waals surface area contributed by atoms with Crippen molar-refractivity contribution in [3.05, 3.63) is 0 Å². The van der Waals surface area contributed by atoms with Crippen molar-refractivity contribution in [3.63, 3.8) is 0 Å². The van der Waals surface area contributed by atoms with Gasteiger partial charge in [0.05, 0.1) is 0 Å². The summed E-state index contributed by atoms with van der Waals surface area (Å²) in [5, 5.41) is 12.1. The molecule has 0 unspecified atom stereocenters. The van der Waals surface area contributed by atoms with Gasteiger partial charge in [0.1, 0.15) is 6.23 Å². The molecule has 0 radical (unpaired) electrons. The summed E-state index contributed by atoms with van der Waals surface area (Å²) in [4.78, 5) is 0. The van der Waals surface area contributed by atoms with Crippen molar-refractivity contribution >= 4 is 0 Å². The Labute approximate surface area is 62.6 Å². The fourth-order valence-electron chi connectivity index (χ4n) is 1.61. The van der Waals surface area contributed by atoms with Gasteiger partial charge in [-0.25, -0.2) is 0 Å². The predicted molar refractivity (Wildman–Crippen MR) is 41.7 cm³/mol. The van der Waals surface area contributed by atoms with Gasteiger partial charge in [0, 0.05) is 6.04 Å². The van der Waals surface area contributed by atoms with Crippen molar-refractivity contribution in [2.75, 3.05) is 0 Å². The Kier molecular flexibility index (Phi) is 3.16. The molecular weight excluding hydrogens is 126 g/mol. The molecular formula is C8H17NO. The van der Waals surface area contributed by atoms with E-state index in [0.29, 0.717) is 6.04 Å². The molecule has 0 spiro atoms. The van der Waals surface area contributed by atoms with Crippen molar-refractivity contribution in [3.8, 4) is 0 Å². The van der Waals surface area contributed by atoms with Gasteiger partial charge in [-0.1, -0.05) is 19.3 Å². The molecule has 0 heterocycles. The topological polar surface area (TPSA) is 32.3 Å². The number of hydrogen-bond acceptors (Lipinski definition) is 2. The molecule has 1 aliphatic carbocycles. The van der Waals surface area contributed by atoms with Crippen molar-refractivity contribution in [2.24, 2.45) is 0 Å². The van der Waals surface area contributed by atoms with Crippen LogP contribution < -0.4 is 5.32 Å². The Hall–Kier alpha value is -0.0800. The second-order valence-electron chi connectivity index (χ2n) is 3.18. The van der Waals surface area contributed by atoms with E-state index in [4.69, 9.17) is 5.11 Å². The van der Waals surface area contributed by atoms with Gasteiger partial charge in [0.2, 0.25) is 0 Å². The summed E-state index contributed by atoms with van der Waals surface area (Å²) in [6.45, 7) is 1.79. The molecule has 1 aliphatic rings. The maximum atomic E-state index is 8.99. The summed E-state index contributed by atoms with van der Waals surface area (Å²) >= 11 is 0. The van der Waals surface area contributed by atoms with Crippen LogP contribution in [0.4, 0.5) is 0 Å². The molecule has 0 bridgehead atoms. The lowest BCUT2D eigenvalue weighted by atomic mass is 9.95. The minimum atomic E-state index is -0.330. The summed E-state index contributed by atoms with van der Waals surface area (Å²) < 4.78 is 0. The van der Waals surface area contributed by atoms with Crippen LogP contribution in [0.15, 0.2) is 0 Å². The maximum Gasteiger partial charge on any atom is 0.102 e. The fraction of sp³-hybridized carbons (Fsp3) is 1.00. The van der Waals surface area contributed by atoms with Crippen LogP contribution in [-0.4, -0.2) is 17.4 Å². The molecule has 0 amide bonds. The average molecular weight is 143 g/mol. The van der Waals surface area contributed by atoms with Crippen LogP contribution in [-0.2, 0) is 0 Å². The first-order valence-electron chi connectivity index (χ1n) is 4.23. The van der Waals surface area contributed by atoms with E-state index in [1.54, 1.807) is 6.92 Å². The number of aliphatic hydroxyl groups is 1. The van der Waals surface area contributed by atoms with E-state index >= 15 is 0 Å². The second-order valence-corrected chi connectivity index (χ2v) is 3.18. The molecule has 1 fully saturated rings. The predicted octanol–water partition coefficient (Wildman–Crippen LogP) is 1.25. The molecule has 1 saturated carbocycles. The number of aliphatic hydroxyl groups excluding tert-OH is 1. The zero-order valence-corrected chi connectivity index (χ0v) is 6.64. The summed E-state index contributed by atoms with van der Waals surface area (Å²) in [6.07, 6.45) is 6.17. The highest BCUT2D eigenvalue weighted by molar-refractivity contribution is 4.71. The summed E-state index contributed by atoms with van der Waals surface area (Å²) in [7, 11) is 0. The van der Waals surface area contributed by atoms with Crippen molar-refractivity contribution in [1.82, 2.24) is 5.32 Å². The zero-order chi connectivity index (χ0) is 7.40. The van der Waals surface area contributed by atoms with Crippen molar-refractivity contribution in [2.45, 2.75) is 51.3 Å². The monoisotopic (exact) mass is 143 g/mol. The Balaban J connectivity index is 2.13. The first-order chi connectivity index (χ1) is 4.79. The maximum absolute atomic E-state index is 8.99. The highest BCUT2D eigenvalue weighted by Crippen LogP contribution is 2.17. The SMILES string of the molecule is C[C@H](O)NC1CCCCC1. The van der Waals surface area contributed by atoms with Gasteiger partial charge < -0.3 is 5.11 Å². The molecule has 0 saturated heterocycles. The van der Waals surface area contributed by atoms with Crippen molar-refractivity contribution < 1.29 is 5.11 Å². The van der Waals surface area contributed by atoms with Crippen LogP contribution >= 0.6 is 0 Å². The van der Waals surface area contributed by atoms with Crippen LogP contribution in [0.3, 0.4) is 0 Å². The van der Waals surface area contributed by atoms with Crippen LogP contribution in [0.25, 0.3) is 0 Å². The van der Waals surface area contributed by atoms with E-state index in [1.165, 1.54) is 32.1 Å². The highest BCUT2D eigenvalue weighted by atomic mass is 16.3. The van der Waals surface area contributed by atoms with Gasteiger partial charge in [-0.2, -0.15) is 0 Å².